The van der Waals surface area contributed by atoms with E-state index in [9.17, 15) is 4.79 Å². The number of ether oxygens (including phenoxy) is 1. The molecule has 4 nitrogen and oxygen atoms in total. The van der Waals surface area contributed by atoms with Gasteiger partial charge in [-0.3, -0.25) is 4.79 Å². The van der Waals surface area contributed by atoms with Crippen LogP contribution in [-0.2, 0) is 4.74 Å². The summed E-state index contributed by atoms with van der Waals surface area (Å²) in [6.45, 7) is 5.30. The van der Waals surface area contributed by atoms with Gasteiger partial charge in [0.15, 0.2) is 0 Å². The van der Waals surface area contributed by atoms with Crippen LogP contribution in [0, 0.1) is 0 Å². The summed E-state index contributed by atoms with van der Waals surface area (Å²) in [6.07, 6.45) is 2.02. The smallest absolute Gasteiger partial charge is 0.254 e. The van der Waals surface area contributed by atoms with E-state index in [1.165, 1.54) is 0 Å². The molecule has 1 aromatic carbocycles. The quantitative estimate of drug-likeness (QED) is 0.598. The second-order valence-electron chi connectivity index (χ2n) is 4.59. The lowest BCUT2D eigenvalue weighted by Crippen LogP contribution is -2.26. The first kappa shape index (κ1) is 15.8. The fraction of sp³-hybridized carbons (Fsp3) is 0.500. The average Bonchev–Trinajstić information content (AvgIpc) is 2.33. The van der Waals surface area contributed by atoms with Gasteiger partial charge >= 0.3 is 0 Å². The minimum absolute atomic E-state index is 0.229. The van der Waals surface area contributed by atoms with Crippen LogP contribution in [0.5, 0.6) is 0 Å². The maximum Gasteiger partial charge on any atom is 0.254 e. The number of nitrogens with two attached hydrogens (primary N) is 1. The van der Waals surface area contributed by atoms with Crippen molar-refractivity contribution in [3.63, 3.8) is 0 Å². The van der Waals surface area contributed by atoms with Crippen LogP contribution in [0.4, 0.5) is 5.69 Å². The fourth-order valence-corrected chi connectivity index (χ4v) is 1.88. The Bertz CT molecular complexity index is 402. The van der Waals surface area contributed by atoms with Crippen molar-refractivity contribution >= 4 is 23.2 Å². The highest BCUT2D eigenvalue weighted by Gasteiger charge is 2.12. The maximum absolute atomic E-state index is 11.9. The number of nitrogens with one attached hydrogen (secondary N) is 1. The lowest BCUT2D eigenvalue weighted by Gasteiger charge is -2.10. The van der Waals surface area contributed by atoms with Crippen LogP contribution in [-0.4, -0.2) is 25.2 Å². The third kappa shape index (κ3) is 5.49. The molecule has 106 valence electrons. The zero-order valence-electron chi connectivity index (χ0n) is 11.4. The van der Waals surface area contributed by atoms with Crippen molar-refractivity contribution in [1.29, 1.82) is 0 Å². The Kier molecular flexibility index (Phi) is 6.67. The molecule has 1 rings (SSSR count). The number of hydrogen-bond acceptors (Lipinski definition) is 3. The van der Waals surface area contributed by atoms with Gasteiger partial charge in [0.1, 0.15) is 0 Å². The molecule has 0 aromatic heterocycles. The van der Waals surface area contributed by atoms with Gasteiger partial charge in [0, 0.05) is 18.8 Å². The van der Waals surface area contributed by atoms with E-state index in [1.807, 2.05) is 13.8 Å². The first-order valence-electron chi connectivity index (χ1n) is 6.46. The minimum atomic E-state index is -0.229. The molecule has 1 aromatic rings. The van der Waals surface area contributed by atoms with Gasteiger partial charge in [-0.1, -0.05) is 17.7 Å². The average molecular weight is 285 g/mol. The summed E-state index contributed by atoms with van der Waals surface area (Å²) >= 11 is 5.96. The molecule has 0 spiro atoms. The van der Waals surface area contributed by atoms with Gasteiger partial charge in [0.05, 0.1) is 16.7 Å². The molecule has 0 aliphatic carbocycles. The monoisotopic (exact) mass is 284 g/mol. The topological polar surface area (TPSA) is 64.3 Å². The molecule has 0 aliphatic rings. The van der Waals surface area contributed by atoms with Gasteiger partial charge in [-0.15, -0.1) is 0 Å². The van der Waals surface area contributed by atoms with Crippen molar-refractivity contribution in [2.24, 2.45) is 0 Å². The van der Waals surface area contributed by atoms with Crippen LogP contribution in [0.25, 0.3) is 0 Å². The lowest BCUT2D eigenvalue weighted by molar-refractivity contribution is 0.0754. The van der Waals surface area contributed by atoms with Gasteiger partial charge in [-0.05, 0) is 38.8 Å². The van der Waals surface area contributed by atoms with Crippen molar-refractivity contribution < 1.29 is 9.53 Å². The molecular formula is C14H21ClN2O2. The largest absolute Gasteiger partial charge is 0.398 e. The molecule has 1 amide bonds. The number of carbonyl (C=O) groups excluding carboxylic acids is 1. The summed E-state index contributed by atoms with van der Waals surface area (Å²) in [5.74, 6) is -0.229. The molecule has 0 aliphatic heterocycles. The predicted octanol–water partition coefficient (Wildman–Crippen LogP) is 2.86. The molecule has 0 fully saturated rings. The molecule has 0 heterocycles. The van der Waals surface area contributed by atoms with Gasteiger partial charge in [0.2, 0.25) is 0 Å². The molecule has 19 heavy (non-hydrogen) atoms. The second-order valence-corrected chi connectivity index (χ2v) is 4.99. The van der Waals surface area contributed by atoms with Crippen LogP contribution < -0.4 is 11.1 Å². The van der Waals surface area contributed by atoms with E-state index in [4.69, 9.17) is 22.1 Å². The second kappa shape index (κ2) is 8.02. The molecule has 0 saturated carbocycles. The molecule has 0 radical (unpaired) electrons. The molecule has 0 unspecified atom stereocenters. The highest BCUT2D eigenvalue weighted by Crippen LogP contribution is 2.21. The van der Waals surface area contributed by atoms with Crippen molar-refractivity contribution in [1.82, 2.24) is 5.32 Å². The van der Waals surface area contributed by atoms with Gasteiger partial charge < -0.3 is 15.8 Å². The number of benzene rings is 1. The van der Waals surface area contributed by atoms with Gasteiger partial charge in [0.25, 0.3) is 5.91 Å². The number of hydrogen-bond donors (Lipinski definition) is 2. The Morgan fingerprint density at radius 3 is 2.79 bits per heavy atom. The Labute approximate surface area is 119 Å². The molecule has 0 atom stereocenters. The highest BCUT2D eigenvalue weighted by molar-refractivity contribution is 6.34. The summed E-state index contributed by atoms with van der Waals surface area (Å²) in [5.41, 5.74) is 6.49. The molecule has 0 saturated heterocycles. The van der Waals surface area contributed by atoms with Gasteiger partial charge in [-0.25, -0.2) is 0 Å². The van der Waals surface area contributed by atoms with E-state index in [1.54, 1.807) is 18.2 Å². The Morgan fingerprint density at radius 2 is 2.16 bits per heavy atom. The number of amides is 1. The van der Waals surface area contributed by atoms with E-state index < -0.39 is 0 Å². The van der Waals surface area contributed by atoms with Crippen molar-refractivity contribution in [2.45, 2.75) is 32.8 Å². The number of anilines is 1. The van der Waals surface area contributed by atoms with Gasteiger partial charge in [-0.2, -0.15) is 0 Å². The number of rotatable bonds is 7. The first-order valence-corrected chi connectivity index (χ1v) is 6.84. The summed E-state index contributed by atoms with van der Waals surface area (Å²) in [6, 6.07) is 5.04. The Balaban J connectivity index is 2.32. The standard InChI is InChI=1S/C14H21ClN2O2/c1-10(2)19-9-4-3-8-17-14(18)13-11(15)6-5-7-12(13)16/h5-7,10H,3-4,8-9,16H2,1-2H3,(H,17,18). The third-order valence-electron chi connectivity index (χ3n) is 2.58. The number of unbranched alkanes of at least 4 members (excludes halogenated alkanes) is 1. The van der Waals surface area contributed by atoms with Crippen LogP contribution in [0.15, 0.2) is 18.2 Å². The number of halogens is 1. The number of carbonyl (C=O) groups is 1. The first-order chi connectivity index (χ1) is 9.02. The zero-order chi connectivity index (χ0) is 14.3. The van der Waals surface area contributed by atoms with Crippen LogP contribution in [0.3, 0.4) is 0 Å². The van der Waals surface area contributed by atoms with Crippen LogP contribution in [0.1, 0.15) is 37.0 Å². The van der Waals surface area contributed by atoms with Crippen LogP contribution in [0.2, 0.25) is 5.02 Å². The van der Waals surface area contributed by atoms with E-state index in [0.717, 1.165) is 12.8 Å². The molecule has 0 bridgehead atoms. The van der Waals surface area contributed by atoms with Crippen molar-refractivity contribution in [2.75, 3.05) is 18.9 Å². The number of nitrogen functional groups attached to an aromatic ring is 1. The summed E-state index contributed by atoms with van der Waals surface area (Å²) in [7, 11) is 0. The van der Waals surface area contributed by atoms with Crippen molar-refractivity contribution in [3.8, 4) is 0 Å². The summed E-state index contributed by atoms with van der Waals surface area (Å²) in [4.78, 5) is 11.9. The summed E-state index contributed by atoms with van der Waals surface area (Å²) in [5, 5.41) is 3.19. The SMILES string of the molecule is CC(C)OCCCCNC(=O)c1c(N)cccc1Cl. The minimum Gasteiger partial charge on any atom is -0.398 e. The Morgan fingerprint density at radius 1 is 1.42 bits per heavy atom. The predicted molar refractivity (Wildman–Crippen MR) is 78.5 cm³/mol. The molecular weight excluding hydrogens is 264 g/mol. The van der Waals surface area contributed by atoms with E-state index in [2.05, 4.69) is 5.32 Å². The van der Waals surface area contributed by atoms with E-state index in [0.29, 0.717) is 29.4 Å². The zero-order valence-corrected chi connectivity index (χ0v) is 12.2. The Hall–Kier alpha value is -1.26. The third-order valence-corrected chi connectivity index (χ3v) is 2.90. The summed E-state index contributed by atoms with van der Waals surface area (Å²) < 4.78 is 5.42. The van der Waals surface area contributed by atoms with E-state index >= 15 is 0 Å². The molecule has 3 N–H and O–H groups in total. The maximum atomic E-state index is 11.9. The normalized spacial score (nSPS) is 10.7. The fourth-order valence-electron chi connectivity index (χ4n) is 1.62. The van der Waals surface area contributed by atoms with E-state index in [-0.39, 0.29) is 12.0 Å². The van der Waals surface area contributed by atoms with Crippen molar-refractivity contribution in [3.05, 3.63) is 28.8 Å². The lowest BCUT2D eigenvalue weighted by atomic mass is 10.1. The van der Waals surface area contributed by atoms with Crippen LogP contribution >= 0.6 is 11.6 Å². The molecule has 5 heteroatoms. The highest BCUT2D eigenvalue weighted by atomic mass is 35.5.